The van der Waals surface area contributed by atoms with Crippen molar-refractivity contribution in [3.63, 3.8) is 0 Å². The Labute approximate surface area is 551 Å². The number of rotatable bonds is 76. The third kappa shape index (κ3) is 73.1. The zero-order valence-corrected chi connectivity index (χ0v) is 59.7. The van der Waals surface area contributed by atoms with Crippen LogP contribution in [0.3, 0.4) is 0 Å². The molecule has 0 aromatic carbocycles. The van der Waals surface area contributed by atoms with Gasteiger partial charge in [0.1, 0.15) is 0 Å². The Kier molecular flexibility index (Phi) is 75.8. The van der Waals surface area contributed by atoms with Gasteiger partial charge in [-0.3, -0.25) is 9.59 Å². The molecule has 0 aromatic heterocycles. The Bertz CT molecular complexity index is 1430. The molecule has 1 amide bonds. The van der Waals surface area contributed by atoms with E-state index in [4.69, 9.17) is 4.74 Å². The molecule has 88 heavy (non-hydrogen) atoms. The fourth-order valence-corrected chi connectivity index (χ4v) is 12.8. The summed E-state index contributed by atoms with van der Waals surface area (Å²) in [6.07, 6.45) is 101. The van der Waals surface area contributed by atoms with Crippen molar-refractivity contribution < 1.29 is 24.5 Å². The minimum Gasteiger partial charge on any atom is -0.466 e. The molecule has 0 aromatic rings. The number of carbonyl (C=O) groups is 2. The summed E-state index contributed by atoms with van der Waals surface area (Å²) < 4.78 is 5.52. The lowest BCUT2D eigenvalue weighted by Crippen LogP contribution is -2.45. The molecular weight excluding hydrogens is 1080 g/mol. The van der Waals surface area contributed by atoms with E-state index in [2.05, 4.69) is 43.5 Å². The number of hydrogen-bond donors (Lipinski definition) is 3. The number of unbranched alkanes of at least 4 members (excludes halogenated alkanes) is 61. The highest BCUT2D eigenvalue weighted by Gasteiger charge is 2.18. The van der Waals surface area contributed by atoms with Crippen molar-refractivity contribution in [3.05, 3.63) is 36.5 Å². The SMILES string of the molecule is CCCCCCCCCCCCCCC/C=C/C(O)C(CO)NC(=O)CCCCCCCCCCCCCCCCCCC/C=C\C/C=C\CCCCCCCCCCCCCCCOC(=O)CCCCCCCCCCCCCCCCCCCCC. The van der Waals surface area contributed by atoms with E-state index < -0.39 is 12.1 Å². The standard InChI is InChI=1S/C82H157NO5/c1-3-5-7-9-11-13-15-17-19-20-40-44-48-52-56-60-64-68-72-76-82(87)88-77-73-69-65-61-57-53-49-45-42-39-37-35-33-31-29-27-25-23-21-22-24-26-28-30-32-34-36-38-41-43-47-51-55-59-63-67-71-75-81(86)83-79(78-84)80(85)74-70-66-62-58-54-50-46-18-16-14-12-10-8-6-4-2/h21,23,27,29,70,74,79-80,84-85H,3-20,22,24-26,28,30-69,71-73,75-78H2,1-2H3,(H,83,86)/b23-21-,29-27-,74-70+. The summed E-state index contributed by atoms with van der Waals surface area (Å²) in [6.45, 7) is 4.95. The molecule has 0 saturated heterocycles. The Morgan fingerprint density at radius 2 is 0.568 bits per heavy atom. The maximum Gasteiger partial charge on any atom is 0.305 e. The fourth-order valence-electron chi connectivity index (χ4n) is 12.8. The van der Waals surface area contributed by atoms with E-state index in [0.29, 0.717) is 19.4 Å². The van der Waals surface area contributed by atoms with E-state index in [1.807, 2.05) is 6.08 Å². The van der Waals surface area contributed by atoms with E-state index in [-0.39, 0.29) is 18.5 Å². The van der Waals surface area contributed by atoms with Crippen LogP contribution in [0.2, 0.25) is 0 Å². The summed E-state index contributed by atoms with van der Waals surface area (Å²) in [7, 11) is 0. The van der Waals surface area contributed by atoms with Gasteiger partial charge in [-0.05, 0) is 64.2 Å². The Morgan fingerprint density at radius 1 is 0.318 bits per heavy atom. The van der Waals surface area contributed by atoms with Crippen LogP contribution in [-0.4, -0.2) is 47.4 Å². The highest BCUT2D eigenvalue weighted by molar-refractivity contribution is 5.76. The number of ether oxygens (including phenoxy) is 1. The van der Waals surface area contributed by atoms with Crippen LogP contribution in [-0.2, 0) is 14.3 Å². The van der Waals surface area contributed by atoms with Crippen LogP contribution in [0.15, 0.2) is 36.5 Å². The predicted molar refractivity (Wildman–Crippen MR) is 389 cm³/mol. The average Bonchev–Trinajstić information content (AvgIpc) is 3.58. The van der Waals surface area contributed by atoms with Gasteiger partial charge in [0.2, 0.25) is 5.91 Å². The van der Waals surface area contributed by atoms with Gasteiger partial charge in [0.05, 0.1) is 25.4 Å². The lowest BCUT2D eigenvalue weighted by Gasteiger charge is -2.20. The van der Waals surface area contributed by atoms with Crippen molar-refractivity contribution in [2.24, 2.45) is 0 Å². The minimum atomic E-state index is -0.843. The van der Waals surface area contributed by atoms with Crippen molar-refractivity contribution in [3.8, 4) is 0 Å². The minimum absolute atomic E-state index is 0.0242. The van der Waals surface area contributed by atoms with Crippen molar-refractivity contribution in [1.82, 2.24) is 5.32 Å². The molecule has 0 radical (unpaired) electrons. The summed E-state index contributed by atoms with van der Waals surface area (Å²) in [6, 6.07) is -0.626. The zero-order valence-electron chi connectivity index (χ0n) is 59.7. The first-order valence-corrected chi connectivity index (χ1v) is 40.3. The second kappa shape index (κ2) is 77.5. The maximum absolute atomic E-state index is 12.5. The second-order valence-corrected chi connectivity index (χ2v) is 27.8. The van der Waals surface area contributed by atoms with Crippen LogP contribution in [0.4, 0.5) is 0 Å². The van der Waals surface area contributed by atoms with Crippen LogP contribution < -0.4 is 5.32 Å². The largest absolute Gasteiger partial charge is 0.466 e. The summed E-state index contributed by atoms with van der Waals surface area (Å²) in [4.78, 5) is 24.6. The summed E-state index contributed by atoms with van der Waals surface area (Å²) in [5, 5.41) is 23.2. The lowest BCUT2D eigenvalue weighted by atomic mass is 10.0. The van der Waals surface area contributed by atoms with Gasteiger partial charge in [-0.2, -0.15) is 0 Å². The molecule has 0 heterocycles. The van der Waals surface area contributed by atoms with E-state index in [1.54, 1.807) is 6.08 Å². The highest BCUT2D eigenvalue weighted by atomic mass is 16.5. The zero-order chi connectivity index (χ0) is 63.5. The molecule has 2 unspecified atom stereocenters. The number of hydrogen-bond acceptors (Lipinski definition) is 5. The molecular formula is C82H157NO5. The molecule has 0 aliphatic carbocycles. The molecule has 0 saturated carbocycles. The fraction of sp³-hybridized carbons (Fsp3) is 0.902. The summed E-state index contributed by atoms with van der Waals surface area (Å²) in [5.74, 6) is -0.0384. The predicted octanol–water partition coefficient (Wildman–Crippen LogP) is 26.6. The van der Waals surface area contributed by atoms with Crippen LogP contribution in [0, 0.1) is 0 Å². The number of aliphatic hydroxyl groups is 2. The van der Waals surface area contributed by atoms with E-state index in [1.165, 1.54) is 379 Å². The van der Waals surface area contributed by atoms with Crippen LogP contribution in [0.1, 0.15) is 450 Å². The molecule has 0 rings (SSSR count). The highest BCUT2D eigenvalue weighted by Crippen LogP contribution is 2.20. The van der Waals surface area contributed by atoms with Crippen LogP contribution in [0.5, 0.6) is 0 Å². The number of esters is 1. The number of aliphatic hydroxyl groups excluding tert-OH is 2. The molecule has 0 fully saturated rings. The van der Waals surface area contributed by atoms with Gasteiger partial charge < -0.3 is 20.3 Å². The number of carbonyl (C=O) groups excluding carboxylic acids is 2. The first-order valence-electron chi connectivity index (χ1n) is 40.3. The molecule has 0 spiro atoms. The second-order valence-electron chi connectivity index (χ2n) is 27.8. The third-order valence-corrected chi connectivity index (χ3v) is 18.9. The topological polar surface area (TPSA) is 95.9 Å². The Hall–Kier alpha value is -1.92. The van der Waals surface area contributed by atoms with Gasteiger partial charge in [0.25, 0.3) is 0 Å². The van der Waals surface area contributed by atoms with Crippen LogP contribution >= 0.6 is 0 Å². The molecule has 6 heteroatoms. The maximum atomic E-state index is 12.5. The van der Waals surface area contributed by atoms with Crippen LogP contribution in [0.25, 0.3) is 0 Å². The van der Waals surface area contributed by atoms with Gasteiger partial charge in [-0.25, -0.2) is 0 Å². The normalized spacial score (nSPS) is 12.6. The summed E-state index contributed by atoms with van der Waals surface area (Å²) in [5.41, 5.74) is 0. The first kappa shape index (κ1) is 86.1. The van der Waals surface area contributed by atoms with Gasteiger partial charge >= 0.3 is 5.97 Å². The van der Waals surface area contributed by atoms with E-state index in [0.717, 1.165) is 44.9 Å². The quantitative estimate of drug-likeness (QED) is 0.0320. The van der Waals surface area contributed by atoms with Crippen molar-refractivity contribution in [2.75, 3.05) is 13.2 Å². The molecule has 520 valence electrons. The van der Waals surface area contributed by atoms with Crippen molar-refractivity contribution in [1.29, 1.82) is 0 Å². The van der Waals surface area contributed by atoms with Gasteiger partial charge in [0, 0.05) is 12.8 Å². The molecule has 3 N–H and O–H groups in total. The lowest BCUT2D eigenvalue weighted by molar-refractivity contribution is -0.143. The van der Waals surface area contributed by atoms with E-state index in [9.17, 15) is 19.8 Å². The molecule has 2 atom stereocenters. The van der Waals surface area contributed by atoms with Gasteiger partial charge in [-0.15, -0.1) is 0 Å². The molecule has 6 nitrogen and oxygen atoms in total. The van der Waals surface area contributed by atoms with Gasteiger partial charge in [-0.1, -0.05) is 410 Å². The first-order chi connectivity index (χ1) is 43.5. The average molecular weight is 1240 g/mol. The molecule has 0 aliphatic heterocycles. The third-order valence-electron chi connectivity index (χ3n) is 18.9. The molecule has 0 aliphatic rings. The number of nitrogens with one attached hydrogen (secondary N) is 1. The Morgan fingerprint density at radius 3 is 0.864 bits per heavy atom. The van der Waals surface area contributed by atoms with Gasteiger partial charge in [0.15, 0.2) is 0 Å². The number of amides is 1. The smallest absolute Gasteiger partial charge is 0.305 e. The molecule has 0 bridgehead atoms. The van der Waals surface area contributed by atoms with Crippen molar-refractivity contribution >= 4 is 11.9 Å². The van der Waals surface area contributed by atoms with Crippen molar-refractivity contribution in [2.45, 2.75) is 463 Å². The summed E-state index contributed by atoms with van der Waals surface area (Å²) >= 11 is 0. The number of allylic oxidation sites excluding steroid dienone is 5. The monoisotopic (exact) mass is 1240 g/mol. The Balaban J connectivity index is 3.35. The van der Waals surface area contributed by atoms with E-state index >= 15 is 0 Å².